The highest BCUT2D eigenvalue weighted by atomic mass is 35.5. The van der Waals surface area contributed by atoms with Crippen LogP contribution in [-0.2, 0) is 6.54 Å². The average molecular weight is 232 g/mol. The molecular formula is C9H14ClN3S. The van der Waals surface area contributed by atoms with Crippen molar-refractivity contribution in [2.45, 2.75) is 31.8 Å². The summed E-state index contributed by atoms with van der Waals surface area (Å²) in [4.78, 5) is 2.42. The van der Waals surface area contributed by atoms with Gasteiger partial charge in [0.05, 0.1) is 5.69 Å². The molecule has 0 aromatic carbocycles. The van der Waals surface area contributed by atoms with Crippen molar-refractivity contribution < 1.29 is 0 Å². The molecule has 3 nitrogen and oxygen atoms in total. The predicted octanol–water partition coefficient (Wildman–Crippen LogP) is 2.13. The zero-order valence-electron chi connectivity index (χ0n) is 8.03. The van der Waals surface area contributed by atoms with Gasteiger partial charge in [0.2, 0.25) is 0 Å². The van der Waals surface area contributed by atoms with Gasteiger partial charge in [0.25, 0.3) is 0 Å². The van der Waals surface area contributed by atoms with Gasteiger partial charge in [0, 0.05) is 23.8 Å². The average Bonchev–Trinajstić information content (AvgIpc) is 2.71. The minimum absolute atomic E-state index is 0.534. The topological polar surface area (TPSA) is 29.0 Å². The zero-order chi connectivity index (χ0) is 9.80. The van der Waals surface area contributed by atoms with E-state index in [4.69, 9.17) is 11.6 Å². The van der Waals surface area contributed by atoms with Gasteiger partial charge in [-0.3, -0.25) is 4.90 Å². The van der Waals surface area contributed by atoms with Crippen molar-refractivity contribution in [2.24, 2.45) is 0 Å². The summed E-state index contributed by atoms with van der Waals surface area (Å²) in [5.41, 5.74) is 1.08. The minimum atomic E-state index is 0.534. The number of hydrogen-bond acceptors (Lipinski definition) is 4. The summed E-state index contributed by atoms with van der Waals surface area (Å²) in [7, 11) is 0. The van der Waals surface area contributed by atoms with Crippen molar-refractivity contribution in [3.8, 4) is 0 Å². The van der Waals surface area contributed by atoms with Gasteiger partial charge in [-0.05, 0) is 30.9 Å². The van der Waals surface area contributed by atoms with Gasteiger partial charge in [0.15, 0.2) is 0 Å². The summed E-state index contributed by atoms with van der Waals surface area (Å²) in [6.45, 7) is 2.06. The quantitative estimate of drug-likeness (QED) is 0.747. The molecule has 14 heavy (non-hydrogen) atoms. The smallest absolute Gasteiger partial charge is 0.0895 e. The van der Waals surface area contributed by atoms with Crippen LogP contribution in [0.2, 0.25) is 0 Å². The second kappa shape index (κ2) is 5.05. The van der Waals surface area contributed by atoms with E-state index in [1.165, 1.54) is 30.8 Å². The molecule has 1 saturated heterocycles. The number of piperidine rings is 1. The van der Waals surface area contributed by atoms with E-state index in [-0.39, 0.29) is 0 Å². The van der Waals surface area contributed by atoms with Crippen LogP contribution in [0.15, 0.2) is 5.38 Å². The van der Waals surface area contributed by atoms with Crippen LogP contribution in [0.5, 0.6) is 0 Å². The number of nitrogens with zero attached hydrogens (tertiary/aromatic N) is 3. The first-order chi connectivity index (χ1) is 6.90. The Morgan fingerprint density at radius 1 is 1.57 bits per heavy atom. The standard InChI is InChI=1S/C9H14ClN3S/c10-5-9-3-1-2-4-13(9)6-8-7-14-12-11-8/h7,9H,1-6H2. The number of aromatic nitrogens is 2. The maximum atomic E-state index is 5.94. The van der Waals surface area contributed by atoms with Crippen LogP contribution in [0.4, 0.5) is 0 Å². The molecule has 78 valence electrons. The normalized spacial score (nSPS) is 23.9. The maximum Gasteiger partial charge on any atom is 0.0895 e. The summed E-state index contributed by atoms with van der Waals surface area (Å²) >= 11 is 7.36. The Morgan fingerprint density at radius 2 is 2.50 bits per heavy atom. The summed E-state index contributed by atoms with van der Waals surface area (Å²) < 4.78 is 3.87. The molecule has 5 heteroatoms. The molecule has 2 rings (SSSR count). The van der Waals surface area contributed by atoms with Gasteiger partial charge < -0.3 is 0 Å². The lowest BCUT2D eigenvalue weighted by molar-refractivity contribution is 0.153. The van der Waals surface area contributed by atoms with Gasteiger partial charge in [-0.2, -0.15) is 0 Å². The first-order valence-electron chi connectivity index (χ1n) is 4.96. The second-order valence-electron chi connectivity index (χ2n) is 3.67. The first-order valence-corrected chi connectivity index (χ1v) is 6.33. The van der Waals surface area contributed by atoms with Gasteiger partial charge in [-0.1, -0.05) is 10.9 Å². The second-order valence-corrected chi connectivity index (χ2v) is 4.59. The monoisotopic (exact) mass is 231 g/mol. The fourth-order valence-corrected chi connectivity index (χ4v) is 2.70. The highest BCUT2D eigenvalue weighted by molar-refractivity contribution is 7.03. The first kappa shape index (κ1) is 10.3. The summed E-state index contributed by atoms with van der Waals surface area (Å²) in [5.74, 6) is 0.734. The fraction of sp³-hybridized carbons (Fsp3) is 0.778. The Labute approximate surface area is 93.2 Å². The Morgan fingerprint density at radius 3 is 3.21 bits per heavy atom. The molecule has 1 atom stereocenters. The largest absolute Gasteiger partial charge is 0.293 e. The minimum Gasteiger partial charge on any atom is -0.293 e. The van der Waals surface area contributed by atoms with Crippen LogP contribution in [0.25, 0.3) is 0 Å². The predicted molar refractivity (Wildman–Crippen MR) is 58.7 cm³/mol. The molecule has 0 radical (unpaired) electrons. The Kier molecular flexibility index (Phi) is 3.73. The molecule has 2 heterocycles. The highest BCUT2D eigenvalue weighted by Crippen LogP contribution is 2.20. The SMILES string of the molecule is ClCC1CCCCN1Cc1csnn1. The molecule has 1 fully saturated rings. The van der Waals surface area contributed by atoms with Crippen molar-refractivity contribution in [1.82, 2.24) is 14.5 Å². The molecule has 1 unspecified atom stereocenters. The number of halogens is 1. The van der Waals surface area contributed by atoms with Gasteiger partial charge >= 0.3 is 0 Å². The lowest BCUT2D eigenvalue weighted by Crippen LogP contribution is -2.40. The number of likely N-dealkylation sites (tertiary alicyclic amines) is 1. The summed E-state index contributed by atoms with van der Waals surface area (Å²) in [6.07, 6.45) is 3.81. The molecule has 0 amide bonds. The lowest BCUT2D eigenvalue weighted by Gasteiger charge is -2.33. The summed E-state index contributed by atoms with van der Waals surface area (Å²) in [5, 5.41) is 6.08. The van der Waals surface area contributed by atoms with Crippen LogP contribution >= 0.6 is 23.1 Å². The van der Waals surface area contributed by atoms with E-state index in [2.05, 4.69) is 14.5 Å². The molecule has 1 aliphatic heterocycles. The number of rotatable bonds is 3. The van der Waals surface area contributed by atoms with E-state index in [1.54, 1.807) is 0 Å². The van der Waals surface area contributed by atoms with E-state index >= 15 is 0 Å². The van der Waals surface area contributed by atoms with Gasteiger partial charge in [-0.25, -0.2) is 0 Å². The molecule has 0 N–H and O–H groups in total. The molecule has 0 spiro atoms. The Balaban J connectivity index is 1.94. The van der Waals surface area contributed by atoms with Crippen molar-refractivity contribution in [3.05, 3.63) is 11.1 Å². The molecule has 0 bridgehead atoms. The Hall–Kier alpha value is -0.190. The Bertz CT molecular complexity index is 265. The van der Waals surface area contributed by atoms with E-state index in [1.807, 2.05) is 5.38 Å². The zero-order valence-corrected chi connectivity index (χ0v) is 9.60. The number of hydrogen-bond donors (Lipinski definition) is 0. The van der Waals surface area contributed by atoms with E-state index in [0.29, 0.717) is 6.04 Å². The highest BCUT2D eigenvalue weighted by Gasteiger charge is 2.21. The number of alkyl halides is 1. The third-order valence-electron chi connectivity index (χ3n) is 2.70. The molecular weight excluding hydrogens is 218 g/mol. The fourth-order valence-electron chi connectivity index (χ4n) is 1.90. The molecule has 1 aromatic heterocycles. The third-order valence-corrected chi connectivity index (χ3v) is 3.61. The van der Waals surface area contributed by atoms with Crippen LogP contribution in [-0.4, -0.2) is 33.0 Å². The molecule has 1 aliphatic rings. The molecule has 0 aliphatic carbocycles. The maximum absolute atomic E-state index is 5.94. The van der Waals surface area contributed by atoms with Crippen molar-refractivity contribution in [1.29, 1.82) is 0 Å². The van der Waals surface area contributed by atoms with Crippen LogP contribution in [0, 0.1) is 0 Å². The van der Waals surface area contributed by atoms with E-state index < -0.39 is 0 Å². The van der Waals surface area contributed by atoms with Crippen molar-refractivity contribution in [2.75, 3.05) is 12.4 Å². The van der Waals surface area contributed by atoms with Gasteiger partial charge in [-0.15, -0.1) is 16.7 Å². The van der Waals surface area contributed by atoms with Crippen molar-refractivity contribution >= 4 is 23.1 Å². The van der Waals surface area contributed by atoms with E-state index in [0.717, 1.165) is 24.7 Å². The lowest BCUT2D eigenvalue weighted by atomic mass is 10.0. The molecule has 0 saturated carbocycles. The van der Waals surface area contributed by atoms with E-state index in [9.17, 15) is 0 Å². The van der Waals surface area contributed by atoms with Crippen molar-refractivity contribution in [3.63, 3.8) is 0 Å². The van der Waals surface area contributed by atoms with Crippen LogP contribution < -0.4 is 0 Å². The molecule has 1 aromatic rings. The summed E-state index contributed by atoms with van der Waals surface area (Å²) in [6, 6.07) is 0.534. The van der Waals surface area contributed by atoms with Crippen LogP contribution in [0.1, 0.15) is 25.0 Å². The third kappa shape index (κ3) is 2.43. The van der Waals surface area contributed by atoms with Crippen LogP contribution in [0.3, 0.4) is 0 Å². The van der Waals surface area contributed by atoms with Gasteiger partial charge in [0.1, 0.15) is 0 Å².